The van der Waals surface area contributed by atoms with Crippen LogP contribution in [0.25, 0.3) is 11.1 Å². The van der Waals surface area contributed by atoms with E-state index in [9.17, 15) is 9.59 Å². The second-order valence-corrected chi connectivity index (χ2v) is 8.29. The highest BCUT2D eigenvalue weighted by atomic mass is 16.5. The van der Waals surface area contributed by atoms with E-state index in [-0.39, 0.29) is 30.2 Å². The number of Topliss-reactive ketones (excluding diaryl/α,β-unsaturated/α-hetero) is 1. The standard InChI is InChI=1S/C28H30O3/c1-20(2)31-28(30)21(3)18-27(29)26(19-22-10-6-4-7-11-22)25-16-14-24(15-17-25)23-12-8-5-9-13-23/h4-17,20-21,26H,18-19H2,1-3H3/t21-,26-/m1/s1. The number of carbonyl (C=O) groups excluding carboxylic acids is 2. The zero-order valence-electron chi connectivity index (χ0n) is 18.5. The van der Waals surface area contributed by atoms with Gasteiger partial charge in [-0.2, -0.15) is 0 Å². The quantitative estimate of drug-likeness (QED) is 0.390. The van der Waals surface area contributed by atoms with Crippen molar-refractivity contribution in [2.45, 2.75) is 45.6 Å². The van der Waals surface area contributed by atoms with Crippen LogP contribution in [0, 0.1) is 5.92 Å². The van der Waals surface area contributed by atoms with Crippen LogP contribution in [0.4, 0.5) is 0 Å². The molecule has 0 aliphatic heterocycles. The minimum absolute atomic E-state index is 0.0597. The third-order valence-corrected chi connectivity index (χ3v) is 5.35. The predicted octanol–water partition coefficient (Wildman–Crippen LogP) is 6.23. The van der Waals surface area contributed by atoms with Gasteiger partial charge >= 0.3 is 5.97 Å². The van der Waals surface area contributed by atoms with Crippen LogP contribution in [0.5, 0.6) is 0 Å². The number of benzene rings is 3. The van der Waals surface area contributed by atoms with Crippen LogP contribution in [0.2, 0.25) is 0 Å². The summed E-state index contributed by atoms with van der Waals surface area (Å²) in [4.78, 5) is 25.5. The van der Waals surface area contributed by atoms with Gasteiger partial charge in [0.2, 0.25) is 0 Å². The van der Waals surface area contributed by atoms with E-state index in [4.69, 9.17) is 4.74 Å². The zero-order chi connectivity index (χ0) is 22.2. The molecule has 3 nitrogen and oxygen atoms in total. The van der Waals surface area contributed by atoms with E-state index in [1.54, 1.807) is 6.92 Å². The maximum Gasteiger partial charge on any atom is 0.309 e. The maximum absolute atomic E-state index is 13.3. The van der Waals surface area contributed by atoms with Crippen LogP contribution < -0.4 is 0 Å². The molecular formula is C28H30O3. The molecule has 0 unspecified atom stereocenters. The summed E-state index contributed by atoms with van der Waals surface area (Å²) in [5.41, 5.74) is 4.33. The molecule has 3 aromatic carbocycles. The minimum Gasteiger partial charge on any atom is -0.463 e. The normalized spacial score (nSPS) is 12.9. The van der Waals surface area contributed by atoms with E-state index in [1.165, 1.54) is 0 Å². The molecule has 0 aromatic heterocycles. The highest BCUT2D eigenvalue weighted by Gasteiger charge is 2.26. The monoisotopic (exact) mass is 414 g/mol. The molecule has 31 heavy (non-hydrogen) atoms. The second kappa shape index (κ2) is 10.7. The molecule has 0 aliphatic rings. The van der Waals surface area contributed by atoms with Crippen molar-refractivity contribution >= 4 is 11.8 Å². The number of rotatable bonds is 9. The number of esters is 1. The predicted molar refractivity (Wildman–Crippen MR) is 125 cm³/mol. The Morgan fingerprint density at radius 1 is 0.742 bits per heavy atom. The largest absolute Gasteiger partial charge is 0.463 e. The fourth-order valence-electron chi connectivity index (χ4n) is 3.68. The molecule has 3 rings (SSSR count). The summed E-state index contributed by atoms with van der Waals surface area (Å²) in [6.45, 7) is 5.40. The van der Waals surface area contributed by atoms with Gasteiger partial charge in [0, 0.05) is 12.3 Å². The van der Waals surface area contributed by atoms with Crippen molar-refractivity contribution < 1.29 is 14.3 Å². The fourth-order valence-corrected chi connectivity index (χ4v) is 3.68. The number of hydrogen-bond acceptors (Lipinski definition) is 3. The summed E-state index contributed by atoms with van der Waals surface area (Å²) in [6.07, 6.45) is 0.593. The van der Waals surface area contributed by atoms with Crippen LogP contribution in [-0.4, -0.2) is 17.9 Å². The SMILES string of the molecule is CC(C)OC(=O)[C@H](C)CC(=O)[C@H](Cc1ccccc1)c1ccc(-c2ccccc2)cc1. The van der Waals surface area contributed by atoms with Crippen LogP contribution in [-0.2, 0) is 20.7 Å². The first-order valence-corrected chi connectivity index (χ1v) is 10.9. The lowest BCUT2D eigenvalue weighted by Crippen LogP contribution is -2.24. The summed E-state index contributed by atoms with van der Waals surface area (Å²) < 4.78 is 5.29. The Kier molecular flexibility index (Phi) is 7.77. The summed E-state index contributed by atoms with van der Waals surface area (Å²) in [5.74, 6) is -1.02. The van der Waals surface area contributed by atoms with Crippen molar-refractivity contribution in [2.75, 3.05) is 0 Å². The van der Waals surface area contributed by atoms with Crippen LogP contribution >= 0.6 is 0 Å². The lowest BCUT2D eigenvalue weighted by Gasteiger charge is -2.20. The van der Waals surface area contributed by atoms with Gasteiger partial charge in [0.15, 0.2) is 0 Å². The molecule has 0 saturated carbocycles. The first-order chi connectivity index (χ1) is 14.9. The van der Waals surface area contributed by atoms with Gasteiger partial charge in [-0.1, -0.05) is 91.9 Å². The lowest BCUT2D eigenvalue weighted by atomic mass is 9.84. The van der Waals surface area contributed by atoms with Gasteiger partial charge in [-0.05, 0) is 42.5 Å². The average molecular weight is 415 g/mol. The second-order valence-electron chi connectivity index (χ2n) is 8.29. The first-order valence-electron chi connectivity index (χ1n) is 10.9. The topological polar surface area (TPSA) is 43.4 Å². The van der Waals surface area contributed by atoms with Gasteiger partial charge in [0.25, 0.3) is 0 Å². The Morgan fingerprint density at radius 3 is 1.87 bits per heavy atom. The molecule has 0 bridgehead atoms. The Bertz CT molecular complexity index is 976. The lowest BCUT2D eigenvalue weighted by molar-refractivity contribution is -0.153. The van der Waals surface area contributed by atoms with Crippen molar-refractivity contribution in [1.82, 2.24) is 0 Å². The van der Waals surface area contributed by atoms with Gasteiger partial charge in [-0.25, -0.2) is 0 Å². The van der Waals surface area contributed by atoms with Crippen LogP contribution in [0.15, 0.2) is 84.9 Å². The molecule has 0 spiro atoms. The van der Waals surface area contributed by atoms with Crippen molar-refractivity contribution in [2.24, 2.45) is 5.92 Å². The molecule has 0 aliphatic carbocycles. The number of carbonyl (C=O) groups is 2. The van der Waals surface area contributed by atoms with Gasteiger partial charge in [0.05, 0.1) is 12.0 Å². The van der Waals surface area contributed by atoms with E-state index >= 15 is 0 Å². The summed E-state index contributed by atoms with van der Waals surface area (Å²) in [5, 5.41) is 0. The first kappa shape index (κ1) is 22.5. The Hall–Kier alpha value is -3.20. The minimum atomic E-state index is -0.461. The smallest absolute Gasteiger partial charge is 0.309 e. The molecule has 3 heteroatoms. The van der Waals surface area contributed by atoms with Gasteiger partial charge in [-0.15, -0.1) is 0 Å². The number of ketones is 1. The van der Waals surface area contributed by atoms with Gasteiger partial charge in [-0.3, -0.25) is 9.59 Å². The molecule has 0 radical (unpaired) electrons. The van der Waals surface area contributed by atoms with Crippen molar-refractivity contribution in [3.63, 3.8) is 0 Å². The Morgan fingerprint density at radius 2 is 1.29 bits per heavy atom. The molecule has 0 heterocycles. The molecule has 0 saturated heterocycles. The molecule has 0 N–H and O–H groups in total. The van der Waals surface area contributed by atoms with Crippen molar-refractivity contribution in [3.05, 3.63) is 96.1 Å². The number of ether oxygens (including phenoxy) is 1. The van der Waals surface area contributed by atoms with E-state index in [2.05, 4.69) is 24.3 Å². The van der Waals surface area contributed by atoms with Crippen molar-refractivity contribution in [1.29, 1.82) is 0 Å². The zero-order valence-corrected chi connectivity index (χ0v) is 18.5. The third kappa shape index (κ3) is 6.39. The highest BCUT2D eigenvalue weighted by Crippen LogP contribution is 2.28. The van der Waals surface area contributed by atoms with E-state index in [1.807, 2.05) is 74.5 Å². The van der Waals surface area contributed by atoms with Crippen LogP contribution in [0.3, 0.4) is 0 Å². The van der Waals surface area contributed by atoms with E-state index in [0.29, 0.717) is 6.42 Å². The van der Waals surface area contributed by atoms with Gasteiger partial charge in [0.1, 0.15) is 5.78 Å². The summed E-state index contributed by atoms with van der Waals surface area (Å²) in [6, 6.07) is 28.4. The van der Waals surface area contributed by atoms with Gasteiger partial charge < -0.3 is 4.74 Å². The highest BCUT2D eigenvalue weighted by molar-refractivity contribution is 5.89. The average Bonchev–Trinajstić information content (AvgIpc) is 2.78. The van der Waals surface area contributed by atoms with E-state index < -0.39 is 5.92 Å². The molecule has 2 atom stereocenters. The molecule has 0 fully saturated rings. The third-order valence-electron chi connectivity index (χ3n) is 5.35. The molecule has 0 amide bonds. The van der Waals surface area contributed by atoms with E-state index in [0.717, 1.165) is 22.3 Å². The molecular weight excluding hydrogens is 384 g/mol. The fraction of sp³-hybridized carbons (Fsp3) is 0.286. The Labute approximate surface area is 185 Å². The summed E-state index contributed by atoms with van der Waals surface area (Å²) in [7, 11) is 0. The molecule has 160 valence electrons. The molecule has 3 aromatic rings. The Balaban J connectivity index is 1.82. The number of hydrogen-bond donors (Lipinski definition) is 0. The summed E-state index contributed by atoms with van der Waals surface area (Å²) >= 11 is 0. The van der Waals surface area contributed by atoms with Crippen LogP contribution in [0.1, 0.15) is 44.2 Å². The maximum atomic E-state index is 13.3. The van der Waals surface area contributed by atoms with Crippen molar-refractivity contribution in [3.8, 4) is 11.1 Å².